The van der Waals surface area contributed by atoms with Gasteiger partial charge in [0, 0.05) is 6.20 Å². The van der Waals surface area contributed by atoms with Crippen molar-refractivity contribution in [2.24, 2.45) is 0 Å². The number of furan rings is 1. The van der Waals surface area contributed by atoms with Crippen LogP contribution >= 0.6 is 0 Å². The number of rotatable bonds is 2. The second-order valence-corrected chi connectivity index (χ2v) is 3.37. The molecule has 0 amide bonds. The lowest BCUT2D eigenvalue weighted by atomic mass is 10.3. The Labute approximate surface area is 95.5 Å². The molecule has 0 spiro atoms. The Morgan fingerprint density at radius 2 is 2.12 bits per heavy atom. The van der Waals surface area contributed by atoms with Crippen molar-refractivity contribution in [3.8, 4) is 28.6 Å². The summed E-state index contributed by atoms with van der Waals surface area (Å²) in [7, 11) is 0. The lowest BCUT2D eigenvalue weighted by molar-refractivity contribution is 0.431. The van der Waals surface area contributed by atoms with E-state index in [-0.39, 0.29) is 5.75 Å². The molecular weight excluding hydrogens is 222 g/mol. The Morgan fingerprint density at radius 1 is 1.18 bits per heavy atom. The zero-order valence-electron chi connectivity index (χ0n) is 8.57. The molecule has 3 aromatic heterocycles. The molecule has 0 atom stereocenters. The van der Waals surface area contributed by atoms with Crippen molar-refractivity contribution in [1.82, 2.24) is 15.1 Å². The van der Waals surface area contributed by atoms with Gasteiger partial charge in [0.1, 0.15) is 12.0 Å². The first-order valence-electron chi connectivity index (χ1n) is 4.83. The Morgan fingerprint density at radius 3 is 2.88 bits per heavy atom. The number of hydrogen-bond donors (Lipinski definition) is 1. The molecular formula is C11H7N3O3. The Hall–Kier alpha value is -2.63. The lowest BCUT2D eigenvalue weighted by Crippen LogP contribution is -1.80. The van der Waals surface area contributed by atoms with Crippen molar-refractivity contribution in [1.29, 1.82) is 0 Å². The lowest BCUT2D eigenvalue weighted by Gasteiger charge is -1.93. The van der Waals surface area contributed by atoms with Gasteiger partial charge in [-0.15, -0.1) is 0 Å². The largest absolute Gasteiger partial charge is 0.506 e. The van der Waals surface area contributed by atoms with Crippen LogP contribution in [0.1, 0.15) is 0 Å². The monoisotopic (exact) mass is 229 g/mol. The molecule has 0 bridgehead atoms. The third-order valence-electron chi connectivity index (χ3n) is 2.18. The zero-order chi connectivity index (χ0) is 11.7. The maximum absolute atomic E-state index is 9.30. The Bertz CT molecular complexity index is 631. The second-order valence-electron chi connectivity index (χ2n) is 3.37. The summed E-state index contributed by atoms with van der Waals surface area (Å²) in [6.07, 6.45) is 5.92. The predicted octanol–water partition coefficient (Wildman–Crippen LogP) is 2.10. The minimum atomic E-state index is 0.0468. The predicted molar refractivity (Wildman–Crippen MR) is 56.9 cm³/mol. The molecule has 0 fully saturated rings. The van der Waals surface area contributed by atoms with Gasteiger partial charge in [-0.05, 0) is 12.1 Å². The minimum Gasteiger partial charge on any atom is -0.506 e. The Kier molecular flexibility index (Phi) is 2.11. The molecule has 0 radical (unpaired) electrons. The molecule has 6 nitrogen and oxygen atoms in total. The quantitative estimate of drug-likeness (QED) is 0.724. The number of aromatic nitrogens is 3. The van der Waals surface area contributed by atoms with Crippen LogP contribution in [-0.2, 0) is 0 Å². The standard InChI is InChI=1S/C11H7N3O3/c15-9-3-8(4-12-5-9)11-13-10(14-17-11)7-1-2-16-6-7/h1-6,15H. The topological polar surface area (TPSA) is 85.2 Å². The van der Waals surface area contributed by atoms with E-state index < -0.39 is 0 Å². The van der Waals surface area contributed by atoms with Crippen LogP contribution in [0.5, 0.6) is 5.75 Å². The summed E-state index contributed by atoms with van der Waals surface area (Å²) in [5.41, 5.74) is 1.29. The third kappa shape index (κ3) is 1.76. The molecule has 0 saturated carbocycles. The van der Waals surface area contributed by atoms with Crippen molar-refractivity contribution in [2.45, 2.75) is 0 Å². The number of pyridine rings is 1. The van der Waals surface area contributed by atoms with Gasteiger partial charge in [0.15, 0.2) is 0 Å². The number of aromatic hydroxyl groups is 1. The maximum Gasteiger partial charge on any atom is 0.259 e. The molecule has 0 aliphatic heterocycles. The van der Waals surface area contributed by atoms with Crippen LogP contribution < -0.4 is 0 Å². The van der Waals surface area contributed by atoms with Gasteiger partial charge in [-0.1, -0.05) is 5.16 Å². The maximum atomic E-state index is 9.30. The summed E-state index contributed by atoms with van der Waals surface area (Å²) in [5.74, 6) is 0.771. The fraction of sp³-hybridized carbons (Fsp3) is 0. The molecule has 3 heterocycles. The summed E-state index contributed by atoms with van der Waals surface area (Å²) in [4.78, 5) is 8.01. The summed E-state index contributed by atoms with van der Waals surface area (Å²) >= 11 is 0. The highest BCUT2D eigenvalue weighted by atomic mass is 16.5. The second kappa shape index (κ2) is 3.75. The van der Waals surface area contributed by atoms with E-state index >= 15 is 0 Å². The first-order valence-corrected chi connectivity index (χ1v) is 4.83. The first kappa shape index (κ1) is 9.59. The van der Waals surface area contributed by atoms with Gasteiger partial charge in [0.2, 0.25) is 5.82 Å². The van der Waals surface area contributed by atoms with Gasteiger partial charge in [-0.2, -0.15) is 4.98 Å². The normalized spacial score (nSPS) is 10.6. The molecule has 0 saturated heterocycles. The molecule has 6 heteroatoms. The van der Waals surface area contributed by atoms with Crippen LogP contribution in [0.4, 0.5) is 0 Å². The van der Waals surface area contributed by atoms with Gasteiger partial charge in [-0.25, -0.2) is 0 Å². The molecule has 84 valence electrons. The van der Waals surface area contributed by atoms with Crippen LogP contribution in [0.2, 0.25) is 0 Å². The van der Waals surface area contributed by atoms with Crippen molar-refractivity contribution in [3.05, 3.63) is 37.1 Å². The van der Waals surface area contributed by atoms with E-state index in [0.717, 1.165) is 5.56 Å². The van der Waals surface area contributed by atoms with Gasteiger partial charge in [0.25, 0.3) is 5.89 Å². The van der Waals surface area contributed by atoms with E-state index in [9.17, 15) is 5.11 Å². The highest BCUT2D eigenvalue weighted by Crippen LogP contribution is 2.23. The van der Waals surface area contributed by atoms with E-state index in [1.165, 1.54) is 31.0 Å². The van der Waals surface area contributed by atoms with E-state index in [2.05, 4.69) is 15.1 Å². The number of nitrogens with zero attached hydrogens (tertiary/aromatic N) is 3. The van der Waals surface area contributed by atoms with Crippen molar-refractivity contribution < 1.29 is 14.0 Å². The molecule has 17 heavy (non-hydrogen) atoms. The van der Waals surface area contributed by atoms with E-state index in [1.54, 1.807) is 6.07 Å². The van der Waals surface area contributed by atoms with Crippen LogP contribution in [0, 0.1) is 0 Å². The Balaban J connectivity index is 2.01. The summed E-state index contributed by atoms with van der Waals surface area (Å²) in [6, 6.07) is 3.23. The van der Waals surface area contributed by atoms with Crippen LogP contribution in [0.3, 0.4) is 0 Å². The third-order valence-corrected chi connectivity index (χ3v) is 2.18. The SMILES string of the molecule is Oc1cncc(-c2nc(-c3ccoc3)no2)c1. The fourth-order valence-corrected chi connectivity index (χ4v) is 1.39. The fourth-order valence-electron chi connectivity index (χ4n) is 1.39. The zero-order valence-corrected chi connectivity index (χ0v) is 8.57. The van der Waals surface area contributed by atoms with E-state index in [1.807, 2.05) is 0 Å². The van der Waals surface area contributed by atoms with Crippen LogP contribution in [-0.4, -0.2) is 20.2 Å². The summed E-state index contributed by atoms with van der Waals surface area (Å²) in [5, 5.41) is 13.1. The van der Waals surface area contributed by atoms with Crippen LogP contribution in [0.15, 0.2) is 46.0 Å². The minimum absolute atomic E-state index is 0.0468. The summed E-state index contributed by atoms with van der Waals surface area (Å²) < 4.78 is 10.0. The number of hydrogen-bond acceptors (Lipinski definition) is 6. The molecule has 1 N–H and O–H groups in total. The highest BCUT2D eigenvalue weighted by Gasteiger charge is 2.11. The van der Waals surface area contributed by atoms with Crippen molar-refractivity contribution >= 4 is 0 Å². The van der Waals surface area contributed by atoms with E-state index in [0.29, 0.717) is 17.3 Å². The molecule has 3 aromatic rings. The average Bonchev–Trinajstić information content (AvgIpc) is 3.00. The van der Waals surface area contributed by atoms with Crippen LogP contribution in [0.25, 0.3) is 22.8 Å². The van der Waals surface area contributed by atoms with Gasteiger partial charge >= 0.3 is 0 Å². The van der Waals surface area contributed by atoms with E-state index in [4.69, 9.17) is 8.94 Å². The first-order chi connectivity index (χ1) is 8.33. The molecule has 3 rings (SSSR count). The molecule has 0 unspecified atom stereocenters. The highest BCUT2D eigenvalue weighted by molar-refractivity contribution is 5.58. The molecule has 0 aliphatic carbocycles. The molecule has 0 aromatic carbocycles. The van der Waals surface area contributed by atoms with Crippen molar-refractivity contribution in [3.63, 3.8) is 0 Å². The average molecular weight is 229 g/mol. The van der Waals surface area contributed by atoms with Gasteiger partial charge in [-0.3, -0.25) is 4.98 Å². The van der Waals surface area contributed by atoms with Crippen molar-refractivity contribution in [2.75, 3.05) is 0 Å². The summed E-state index contributed by atoms with van der Waals surface area (Å²) in [6.45, 7) is 0. The van der Waals surface area contributed by atoms with Gasteiger partial charge in [0.05, 0.1) is 23.6 Å². The van der Waals surface area contributed by atoms with Gasteiger partial charge < -0.3 is 14.0 Å². The smallest absolute Gasteiger partial charge is 0.259 e. The molecule has 0 aliphatic rings.